The first-order valence-corrected chi connectivity index (χ1v) is 6.68. The van der Waals surface area contributed by atoms with Gasteiger partial charge in [0.15, 0.2) is 0 Å². The first-order chi connectivity index (χ1) is 9.97. The normalized spacial score (nSPS) is 10.6. The van der Waals surface area contributed by atoms with Crippen LogP contribution in [0.25, 0.3) is 0 Å². The lowest BCUT2D eigenvalue weighted by Crippen LogP contribution is -2.12. The van der Waals surface area contributed by atoms with E-state index in [4.69, 9.17) is 16.3 Å². The summed E-state index contributed by atoms with van der Waals surface area (Å²) in [6.45, 7) is 3.71. The van der Waals surface area contributed by atoms with E-state index in [1.165, 1.54) is 18.2 Å². The van der Waals surface area contributed by atoms with Crippen molar-refractivity contribution in [3.8, 4) is 6.01 Å². The molecule has 1 heterocycles. The quantitative estimate of drug-likeness (QED) is 0.883. The van der Waals surface area contributed by atoms with Gasteiger partial charge in [0.2, 0.25) is 11.9 Å². The van der Waals surface area contributed by atoms with Gasteiger partial charge in [-0.1, -0.05) is 11.6 Å². The van der Waals surface area contributed by atoms with Crippen molar-refractivity contribution in [3.05, 3.63) is 29.0 Å². The Bertz CT molecular complexity index is 638. The van der Waals surface area contributed by atoms with E-state index in [-0.39, 0.29) is 23.8 Å². The van der Waals surface area contributed by atoms with Crippen molar-refractivity contribution >= 4 is 29.2 Å². The molecule has 2 rings (SSSR count). The molecule has 21 heavy (non-hydrogen) atoms. The Kier molecular flexibility index (Phi) is 4.74. The third-order valence-electron chi connectivity index (χ3n) is 2.35. The van der Waals surface area contributed by atoms with Gasteiger partial charge in [-0.25, -0.2) is 4.39 Å². The molecule has 0 amide bonds. The van der Waals surface area contributed by atoms with Gasteiger partial charge in [0.05, 0.1) is 11.8 Å². The highest BCUT2D eigenvalue weighted by Gasteiger charge is 2.10. The maximum absolute atomic E-state index is 13.7. The summed E-state index contributed by atoms with van der Waals surface area (Å²) in [5, 5.41) is 5.95. The molecule has 6 nitrogen and oxygen atoms in total. The lowest BCUT2D eigenvalue weighted by Gasteiger charge is -2.11. The van der Waals surface area contributed by atoms with Crippen LogP contribution in [-0.2, 0) is 0 Å². The number of hydrogen-bond donors (Lipinski definition) is 2. The number of halogens is 2. The Morgan fingerprint density at radius 2 is 1.90 bits per heavy atom. The van der Waals surface area contributed by atoms with E-state index in [0.29, 0.717) is 11.0 Å². The van der Waals surface area contributed by atoms with Gasteiger partial charge < -0.3 is 15.4 Å². The molecule has 0 aliphatic rings. The van der Waals surface area contributed by atoms with Crippen LogP contribution >= 0.6 is 11.6 Å². The number of rotatable bonds is 5. The van der Waals surface area contributed by atoms with Crippen molar-refractivity contribution in [1.29, 1.82) is 0 Å². The van der Waals surface area contributed by atoms with E-state index < -0.39 is 5.82 Å². The van der Waals surface area contributed by atoms with Gasteiger partial charge in [-0.2, -0.15) is 15.0 Å². The Balaban J connectivity index is 2.32. The van der Waals surface area contributed by atoms with Crippen LogP contribution in [0.3, 0.4) is 0 Å². The minimum Gasteiger partial charge on any atom is -0.461 e. The Hall–Kier alpha value is -2.15. The van der Waals surface area contributed by atoms with E-state index >= 15 is 0 Å². The van der Waals surface area contributed by atoms with Crippen molar-refractivity contribution in [3.63, 3.8) is 0 Å². The lowest BCUT2D eigenvalue weighted by molar-refractivity contribution is 0.222. The maximum atomic E-state index is 13.7. The van der Waals surface area contributed by atoms with Crippen LogP contribution < -0.4 is 15.4 Å². The summed E-state index contributed by atoms with van der Waals surface area (Å²) in [6.07, 6.45) is -0.0899. The summed E-state index contributed by atoms with van der Waals surface area (Å²) < 4.78 is 19.1. The number of nitrogens with zero attached hydrogens (tertiary/aromatic N) is 3. The zero-order chi connectivity index (χ0) is 15.4. The van der Waals surface area contributed by atoms with Crippen molar-refractivity contribution in [2.45, 2.75) is 20.0 Å². The molecule has 8 heteroatoms. The number of ether oxygens (including phenoxy) is 1. The molecule has 0 atom stereocenters. The predicted octanol–water partition coefficient (Wildman–Crippen LogP) is 3.24. The molecule has 0 bridgehead atoms. The number of anilines is 3. The molecule has 0 aliphatic heterocycles. The summed E-state index contributed by atoms with van der Waals surface area (Å²) in [7, 11) is 1.66. The first-order valence-electron chi connectivity index (χ1n) is 6.30. The van der Waals surface area contributed by atoms with Crippen LogP contribution in [-0.4, -0.2) is 28.1 Å². The summed E-state index contributed by atoms with van der Waals surface area (Å²) in [5.74, 6) is 0.00824. The van der Waals surface area contributed by atoms with Crippen LogP contribution in [0.4, 0.5) is 22.0 Å². The van der Waals surface area contributed by atoms with Crippen LogP contribution in [0.5, 0.6) is 6.01 Å². The van der Waals surface area contributed by atoms with Crippen LogP contribution in [0.1, 0.15) is 13.8 Å². The number of nitrogens with one attached hydrogen (secondary N) is 2. The molecule has 0 aliphatic carbocycles. The summed E-state index contributed by atoms with van der Waals surface area (Å²) in [5.41, 5.74) is 0.172. The predicted molar refractivity (Wildman–Crippen MR) is 79.8 cm³/mol. The van der Waals surface area contributed by atoms with Gasteiger partial charge >= 0.3 is 6.01 Å². The monoisotopic (exact) mass is 311 g/mol. The number of hydrogen-bond acceptors (Lipinski definition) is 6. The summed E-state index contributed by atoms with van der Waals surface area (Å²) in [4.78, 5) is 12.2. The van der Waals surface area contributed by atoms with Crippen LogP contribution in [0.2, 0.25) is 5.02 Å². The highest BCUT2D eigenvalue weighted by Crippen LogP contribution is 2.23. The molecule has 1 aromatic carbocycles. The molecule has 0 saturated heterocycles. The second kappa shape index (κ2) is 6.53. The highest BCUT2D eigenvalue weighted by molar-refractivity contribution is 6.30. The van der Waals surface area contributed by atoms with Crippen LogP contribution in [0.15, 0.2) is 18.2 Å². The van der Waals surface area contributed by atoms with E-state index in [0.717, 1.165) is 0 Å². The Morgan fingerprint density at radius 1 is 1.19 bits per heavy atom. The fourth-order valence-electron chi connectivity index (χ4n) is 1.50. The molecule has 112 valence electrons. The average Bonchev–Trinajstić information content (AvgIpc) is 2.42. The number of aromatic nitrogens is 3. The van der Waals surface area contributed by atoms with E-state index in [9.17, 15) is 4.39 Å². The van der Waals surface area contributed by atoms with Gasteiger partial charge in [-0.3, -0.25) is 0 Å². The Labute approximate surface area is 126 Å². The maximum Gasteiger partial charge on any atom is 0.323 e. The standard InChI is InChI=1S/C13H15ClFN5O/c1-7(2)21-13-19-11(16-3)18-12(20-13)17-10-6-8(14)4-5-9(10)15/h4-7H,1-3H3,(H2,16,17,18,19,20). The van der Waals surface area contributed by atoms with Gasteiger partial charge in [-0.05, 0) is 32.0 Å². The van der Waals surface area contributed by atoms with E-state index in [1.54, 1.807) is 7.05 Å². The molecule has 2 aromatic rings. The minimum absolute atomic E-state index is 0.0899. The van der Waals surface area contributed by atoms with Crippen LogP contribution in [0, 0.1) is 5.82 Å². The fourth-order valence-corrected chi connectivity index (χ4v) is 1.67. The van der Waals surface area contributed by atoms with Crippen molar-refractivity contribution in [2.24, 2.45) is 0 Å². The summed E-state index contributed by atoms with van der Waals surface area (Å²) >= 11 is 5.84. The SMILES string of the molecule is CNc1nc(Nc2cc(Cl)ccc2F)nc(OC(C)C)n1. The second-order valence-electron chi connectivity index (χ2n) is 4.43. The largest absolute Gasteiger partial charge is 0.461 e. The molecule has 0 spiro atoms. The van der Waals surface area contributed by atoms with Gasteiger partial charge in [-0.15, -0.1) is 0 Å². The van der Waals surface area contributed by atoms with E-state index in [2.05, 4.69) is 25.6 Å². The molecule has 0 saturated carbocycles. The molecule has 0 unspecified atom stereocenters. The fraction of sp³-hybridized carbons (Fsp3) is 0.308. The second-order valence-corrected chi connectivity index (χ2v) is 4.87. The highest BCUT2D eigenvalue weighted by atomic mass is 35.5. The van der Waals surface area contributed by atoms with Crippen molar-refractivity contribution in [1.82, 2.24) is 15.0 Å². The van der Waals surface area contributed by atoms with E-state index in [1.807, 2.05) is 13.8 Å². The topological polar surface area (TPSA) is 72.0 Å². The molecule has 0 radical (unpaired) electrons. The first kappa shape index (κ1) is 15.2. The molecule has 1 aromatic heterocycles. The van der Waals surface area contributed by atoms with Gasteiger partial charge in [0.1, 0.15) is 5.82 Å². The third-order valence-corrected chi connectivity index (χ3v) is 2.59. The molecular formula is C13H15ClFN5O. The molecule has 0 fully saturated rings. The molecular weight excluding hydrogens is 297 g/mol. The van der Waals surface area contributed by atoms with Crippen molar-refractivity contribution < 1.29 is 9.13 Å². The van der Waals surface area contributed by atoms with Gasteiger partial charge in [0, 0.05) is 12.1 Å². The Morgan fingerprint density at radius 3 is 2.57 bits per heavy atom. The molecule has 2 N–H and O–H groups in total. The zero-order valence-corrected chi connectivity index (χ0v) is 12.6. The summed E-state index contributed by atoms with van der Waals surface area (Å²) in [6, 6.07) is 4.32. The lowest BCUT2D eigenvalue weighted by atomic mass is 10.3. The smallest absolute Gasteiger partial charge is 0.323 e. The number of benzene rings is 1. The average molecular weight is 312 g/mol. The van der Waals surface area contributed by atoms with Crippen molar-refractivity contribution in [2.75, 3.05) is 17.7 Å². The third kappa shape index (κ3) is 4.16. The zero-order valence-electron chi connectivity index (χ0n) is 11.8. The van der Waals surface area contributed by atoms with Gasteiger partial charge in [0.25, 0.3) is 0 Å². The minimum atomic E-state index is -0.461.